The van der Waals surface area contributed by atoms with Crippen molar-refractivity contribution in [1.29, 1.82) is 0 Å². The van der Waals surface area contributed by atoms with Crippen molar-refractivity contribution in [2.75, 3.05) is 13.7 Å². The van der Waals surface area contributed by atoms with Crippen molar-refractivity contribution in [3.8, 4) is 5.75 Å². The molecule has 2 rings (SSSR count). The van der Waals surface area contributed by atoms with Crippen LogP contribution < -0.4 is 10.1 Å². The number of halogens is 2. The highest BCUT2D eigenvalue weighted by Crippen LogP contribution is 2.28. The van der Waals surface area contributed by atoms with Crippen LogP contribution in [-0.4, -0.2) is 13.7 Å². The molecule has 0 aliphatic heterocycles. The molecule has 0 aromatic heterocycles. The van der Waals surface area contributed by atoms with E-state index in [-0.39, 0.29) is 17.6 Å². The summed E-state index contributed by atoms with van der Waals surface area (Å²) in [5, 5.41) is 4.05. The van der Waals surface area contributed by atoms with E-state index in [9.17, 15) is 4.39 Å². The van der Waals surface area contributed by atoms with Crippen LogP contribution in [0.25, 0.3) is 0 Å². The summed E-state index contributed by atoms with van der Waals surface area (Å²) in [5.41, 5.74) is 2.94. The Labute approximate surface area is 129 Å². The highest BCUT2D eigenvalue weighted by molar-refractivity contribution is 6.30. The lowest BCUT2D eigenvalue weighted by Crippen LogP contribution is -2.22. The molecule has 1 unspecified atom stereocenters. The zero-order valence-corrected chi connectivity index (χ0v) is 13.2. The summed E-state index contributed by atoms with van der Waals surface area (Å²) in [4.78, 5) is 0. The summed E-state index contributed by atoms with van der Waals surface area (Å²) in [6.07, 6.45) is 0. The first-order valence-corrected chi connectivity index (χ1v) is 7.27. The molecular formula is C17H19ClFNO. The van der Waals surface area contributed by atoms with Crippen LogP contribution in [0.5, 0.6) is 5.75 Å². The van der Waals surface area contributed by atoms with E-state index in [0.717, 1.165) is 23.2 Å². The third-order valence-corrected chi connectivity index (χ3v) is 3.53. The predicted octanol–water partition coefficient (Wildman–Crippen LogP) is 4.50. The van der Waals surface area contributed by atoms with Gasteiger partial charge in [0.1, 0.15) is 0 Å². The number of hydrogen-bond donors (Lipinski definition) is 1. The van der Waals surface area contributed by atoms with Crippen LogP contribution in [0.2, 0.25) is 5.02 Å². The van der Waals surface area contributed by atoms with Gasteiger partial charge in [-0.05, 0) is 54.4 Å². The zero-order valence-electron chi connectivity index (χ0n) is 12.4. The molecular weight excluding hydrogens is 289 g/mol. The minimum absolute atomic E-state index is 0.104. The van der Waals surface area contributed by atoms with Gasteiger partial charge in [0.2, 0.25) is 0 Å². The van der Waals surface area contributed by atoms with E-state index in [2.05, 4.69) is 11.4 Å². The SMILES string of the molecule is CCNC(c1cc(C)cc(Cl)c1)c1ccc(OC)c(F)c1. The van der Waals surface area contributed by atoms with E-state index in [4.69, 9.17) is 16.3 Å². The van der Waals surface area contributed by atoms with Crippen LogP contribution in [0.1, 0.15) is 29.7 Å². The fraction of sp³-hybridized carbons (Fsp3) is 0.294. The molecule has 2 aromatic carbocycles. The van der Waals surface area contributed by atoms with Crippen molar-refractivity contribution in [1.82, 2.24) is 5.32 Å². The molecule has 0 amide bonds. The lowest BCUT2D eigenvalue weighted by molar-refractivity contribution is 0.385. The Hall–Kier alpha value is -1.58. The molecule has 0 heterocycles. The number of hydrogen-bond acceptors (Lipinski definition) is 2. The number of benzene rings is 2. The molecule has 21 heavy (non-hydrogen) atoms. The van der Waals surface area contributed by atoms with E-state index >= 15 is 0 Å². The summed E-state index contributed by atoms with van der Waals surface area (Å²) in [7, 11) is 1.46. The normalized spacial score (nSPS) is 12.2. The van der Waals surface area contributed by atoms with Gasteiger partial charge in [-0.1, -0.05) is 30.7 Å². The Bertz CT molecular complexity index is 610. The van der Waals surface area contributed by atoms with Gasteiger partial charge in [0, 0.05) is 5.02 Å². The van der Waals surface area contributed by atoms with E-state index in [1.165, 1.54) is 13.2 Å². The molecule has 0 bridgehead atoms. The second-order valence-corrected chi connectivity index (χ2v) is 5.38. The lowest BCUT2D eigenvalue weighted by atomic mass is 9.97. The molecule has 0 spiro atoms. The van der Waals surface area contributed by atoms with Crippen molar-refractivity contribution < 1.29 is 9.13 Å². The van der Waals surface area contributed by atoms with Gasteiger partial charge in [-0.2, -0.15) is 0 Å². The Balaban J connectivity index is 2.45. The van der Waals surface area contributed by atoms with Crippen LogP contribution in [-0.2, 0) is 0 Å². The number of aryl methyl sites for hydroxylation is 1. The van der Waals surface area contributed by atoms with E-state index in [1.54, 1.807) is 6.07 Å². The average molecular weight is 308 g/mol. The zero-order chi connectivity index (χ0) is 15.4. The van der Waals surface area contributed by atoms with Crippen LogP contribution in [0, 0.1) is 12.7 Å². The van der Waals surface area contributed by atoms with Gasteiger partial charge in [-0.3, -0.25) is 0 Å². The van der Waals surface area contributed by atoms with Crippen molar-refractivity contribution in [3.05, 3.63) is 63.9 Å². The fourth-order valence-corrected chi connectivity index (χ4v) is 2.72. The summed E-state index contributed by atoms with van der Waals surface area (Å²) >= 11 is 6.14. The lowest BCUT2D eigenvalue weighted by Gasteiger charge is -2.20. The maximum absolute atomic E-state index is 13.9. The summed E-state index contributed by atoms with van der Waals surface area (Å²) in [6.45, 7) is 4.78. The monoisotopic (exact) mass is 307 g/mol. The molecule has 112 valence electrons. The number of rotatable bonds is 5. The molecule has 0 saturated heterocycles. The van der Waals surface area contributed by atoms with Gasteiger partial charge in [0.15, 0.2) is 11.6 Å². The maximum Gasteiger partial charge on any atom is 0.165 e. The first-order chi connectivity index (χ1) is 10.0. The van der Waals surface area contributed by atoms with Gasteiger partial charge < -0.3 is 10.1 Å². The first kappa shape index (κ1) is 15.8. The Kier molecular flexibility index (Phi) is 5.21. The minimum atomic E-state index is -0.364. The minimum Gasteiger partial charge on any atom is -0.494 e. The van der Waals surface area contributed by atoms with E-state index in [1.807, 2.05) is 32.0 Å². The molecule has 2 nitrogen and oxygen atoms in total. The van der Waals surface area contributed by atoms with Gasteiger partial charge in [-0.25, -0.2) is 4.39 Å². The van der Waals surface area contributed by atoms with Crippen molar-refractivity contribution >= 4 is 11.6 Å². The van der Waals surface area contributed by atoms with Gasteiger partial charge in [0.25, 0.3) is 0 Å². The largest absolute Gasteiger partial charge is 0.494 e. The molecule has 0 aliphatic carbocycles. The Morgan fingerprint density at radius 3 is 2.52 bits per heavy atom. The molecule has 2 aromatic rings. The van der Waals surface area contributed by atoms with Gasteiger partial charge in [-0.15, -0.1) is 0 Å². The fourth-order valence-electron chi connectivity index (χ4n) is 2.43. The van der Waals surface area contributed by atoms with Crippen molar-refractivity contribution in [2.24, 2.45) is 0 Å². The second kappa shape index (κ2) is 6.92. The standard InChI is InChI=1S/C17H19ClFNO/c1-4-20-17(13-7-11(2)8-14(18)9-13)12-5-6-16(21-3)15(19)10-12/h5-10,17,20H,4H2,1-3H3. The van der Waals surface area contributed by atoms with Crippen LogP contribution in [0.4, 0.5) is 4.39 Å². The molecule has 4 heteroatoms. The summed E-state index contributed by atoms with van der Waals surface area (Å²) in [6, 6.07) is 10.8. The van der Waals surface area contributed by atoms with Gasteiger partial charge in [0.05, 0.1) is 13.2 Å². The third-order valence-electron chi connectivity index (χ3n) is 3.32. The second-order valence-electron chi connectivity index (χ2n) is 4.95. The molecule has 0 aliphatic rings. The Morgan fingerprint density at radius 2 is 1.95 bits per heavy atom. The van der Waals surface area contributed by atoms with Crippen LogP contribution in [0.3, 0.4) is 0 Å². The topological polar surface area (TPSA) is 21.3 Å². The highest BCUT2D eigenvalue weighted by Gasteiger charge is 2.16. The first-order valence-electron chi connectivity index (χ1n) is 6.89. The predicted molar refractivity (Wildman–Crippen MR) is 84.7 cm³/mol. The van der Waals surface area contributed by atoms with Crippen LogP contribution >= 0.6 is 11.6 Å². The Morgan fingerprint density at radius 1 is 1.19 bits per heavy atom. The molecule has 0 fully saturated rings. The summed E-state index contributed by atoms with van der Waals surface area (Å²) < 4.78 is 18.9. The molecule has 0 saturated carbocycles. The van der Waals surface area contributed by atoms with Gasteiger partial charge >= 0.3 is 0 Å². The highest BCUT2D eigenvalue weighted by atomic mass is 35.5. The quantitative estimate of drug-likeness (QED) is 0.878. The maximum atomic E-state index is 13.9. The molecule has 1 atom stereocenters. The number of nitrogens with one attached hydrogen (secondary N) is 1. The molecule has 0 radical (unpaired) electrons. The van der Waals surface area contributed by atoms with E-state index < -0.39 is 0 Å². The van der Waals surface area contributed by atoms with Crippen molar-refractivity contribution in [2.45, 2.75) is 19.9 Å². The number of ether oxygens (including phenoxy) is 1. The van der Waals surface area contributed by atoms with Crippen LogP contribution in [0.15, 0.2) is 36.4 Å². The molecule has 1 N–H and O–H groups in total. The smallest absolute Gasteiger partial charge is 0.165 e. The van der Waals surface area contributed by atoms with Crippen molar-refractivity contribution in [3.63, 3.8) is 0 Å². The average Bonchev–Trinajstić information content (AvgIpc) is 2.43. The van der Waals surface area contributed by atoms with E-state index in [0.29, 0.717) is 5.02 Å². The number of methoxy groups -OCH3 is 1. The summed E-state index contributed by atoms with van der Waals surface area (Å²) in [5.74, 6) is -0.118. The third kappa shape index (κ3) is 3.74.